The summed E-state index contributed by atoms with van der Waals surface area (Å²) in [6.45, 7) is 3.61. The van der Waals surface area contributed by atoms with Gasteiger partial charge < -0.3 is 14.3 Å². The van der Waals surface area contributed by atoms with Crippen molar-refractivity contribution in [2.45, 2.75) is 26.6 Å². The van der Waals surface area contributed by atoms with Gasteiger partial charge in [0.2, 0.25) is 5.89 Å². The Hall–Kier alpha value is -1.88. The minimum absolute atomic E-state index is 0.199. The molecule has 0 fully saturated rings. The van der Waals surface area contributed by atoms with Gasteiger partial charge in [0.05, 0.1) is 6.10 Å². The molecule has 1 aromatic carbocycles. The lowest BCUT2D eigenvalue weighted by atomic mass is 10.1. The average molecular weight is 234 g/mol. The van der Waals surface area contributed by atoms with Gasteiger partial charge in [-0.25, -0.2) is 0 Å². The van der Waals surface area contributed by atoms with Crippen LogP contribution in [0.2, 0.25) is 0 Å². The molecule has 5 heteroatoms. The van der Waals surface area contributed by atoms with E-state index in [4.69, 9.17) is 9.15 Å². The topological polar surface area (TPSA) is 68.4 Å². The molecule has 1 N–H and O–H groups in total. The Kier molecular flexibility index (Phi) is 3.39. The van der Waals surface area contributed by atoms with Crippen LogP contribution in [0.25, 0.3) is 0 Å². The van der Waals surface area contributed by atoms with Crippen molar-refractivity contribution < 1.29 is 14.3 Å². The molecule has 0 spiro atoms. The second kappa shape index (κ2) is 4.97. The highest BCUT2D eigenvalue weighted by molar-refractivity contribution is 5.34. The number of hydrogen-bond donors (Lipinski definition) is 1. The van der Waals surface area contributed by atoms with Gasteiger partial charge in [-0.3, -0.25) is 0 Å². The Morgan fingerprint density at radius 3 is 2.76 bits per heavy atom. The third-order valence-electron chi connectivity index (χ3n) is 2.29. The molecule has 0 aliphatic carbocycles. The Labute approximate surface area is 99.1 Å². The fourth-order valence-corrected chi connectivity index (χ4v) is 1.49. The van der Waals surface area contributed by atoms with Crippen molar-refractivity contribution in [3.8, 4) is 5.75 Å². The third-order valence-corrected chi connectivity index (χ3v) is 2.29. The molecule has 0 saturated carbocycles. The summed E-state index contributed by atoms with van der Waals surface area (Å²) in [7, 11) is 0. The van der Waals surface area contributed by atoms with Gasteiger partial charge in [0, 0.05) is 12.5 Å². The first kappa shape index (κ1) is 11.6. The molecule has 0 radical (unpaired) electrons. The molecule has 0 bridgehead atoms. The zero-order valence-corrected chi connectivity index (χ0v) is 9.75. The van der Waals surface area contributed by atoms with E-state index in [0.717, 1.165) is 5.56 Å². The number of aliphatic hydroxyl groups is 1. The summed E-state index contributed by atoms with van der Waals surface area (Å²) in [6, 6.07) is 7.32. The summed E-state index contributed by atoms with van der Waals surface area (Å²) >= 11 is 0. The van der Waals surface area contributed by atoms with E-state index in [1.165, 1.54) is 0 Å². The molecule has 90 valence electrons. The summed E-state index contributed by atoms with van der Waals surface area (Å²) in [5.41, 5.74) is 0.740. The van der Waals surface area contributed by atoms with Crippen molar-refractivity contribution in [1.29, 1.82) is 0 Å². The van der Waals surface area contributed by atoms with Crippen LogP contribution in [0.4, 0.5) is 0 Å². The van der Waals surface area contributed by atoms with Crippen LogP contribution in [0.1, 0.15) is 30.4 Å². The number of hydrogen-bond acceptors (Lipinski definition) is 5. The average Bonchev–Trinajstić information content (AvgIpc) is 2.73. The van der Waals surface area contributed by atoms with Crippen molar-refractivity contribution in [1.82, 2.24) is 10.2 Å². The molecule has 1 aromatic heterocycles. The summed E-state index contributed by atoms with van der Waals surface area (Å²) in [6.07, 6.45) is -0.573. The highest BCUT2D eigenvalue weighted by atomic mass is 16.5. The van der Waals surface area contributed by atoms with Gasteiger partial charge in [0.25, 0.3) is 5.89 Å². The fraction of sp³-hybridized carbons (Fsp3) is 0.333. The van der Waals surface area contributed by atoms with Crippen LogP contribution >= 0.6 is 0 Å². The van der Waals surface area contributed by atoms with E-state index in [2.05, 4.69) is 10.2 Å². The summed E-state index contributed by atoms with van der Waals surface area (Å²) in [5.74, 6) is 1.55. The van der Waals surface area contributed by atoms with Gasteiger partial charge in [-0.05, 0) is 13.0 Å². The number of benzene rings is 1. The SMILES string of the molecule is Cc1nnc(COc2ccccc2C(C)O)o1. The van der Waals surface area contributed by atoms with Crippen LogP contribution in [0, 0.1) is 6.92 Å². The first-order chi connectivity index (χ1) is 8.16. The van der Waals surface area contributed by atoms with E-state index in [1.807, 2.05) is 18.2 Å². The van der Waals surface area contributed by atoms with Crippen LogP contribution in [-0.4, -0.2) is 15.3 Å². The zero-order valence-electron chi connectivity index (χ0n) is 9.75. The molecule has 0 amide bonds. The minimum atomic E-state index is -0.573. The Bertz CT molecular complexity index is 494. The zero-order chi connectivity index (χ0) is 12.3. The van der Waals surface area contributed by atoms with Gasteiger partial charge in [-0.15, -0.1) is 10.2 Å². The normalized spacial score (nSPS) is 12.4. The maximum Gasteiger partial charge on any atom is 0.253 e. The molecule has 0 aliphatic heterocycles. The number of aryl methyl sites for hydroxylation is 1. The lowest BCUT2D eigenvalue weighted by Crippen LogP contribution is -2.01. The van der Waals surface area contributed by atoms with E-state index in [-0.39, 0.29) is 6.61 Å². The van der Waals surface area contributed by atoms with Gasteiger partial charge in [0.15, 0.2) is 6.61 Å². The third kappa shape index (κ3) is 2.82. The molecule has 1 heterocycles. The van der Waals surface area contributed by atoms with E-state index in [9.17, 15) is 5.11 Å². The van der Waals surface area contributed by atoms with Crippen molar-refractivity contribution in [2.24, 2.45) is 0 Å². The van der Waals surface area contributed by atoms with Crippen LogP contribution in [0.15, 0.2) is 28.7 Å². The first-order valence-electron chi connectivity index (χ1n) is 5.35. The molecular weight excluding hydrogens is 220 g/mol. The fourth-order valence-electron chi connectivity index (χ4n) is 1.49. The molecular formula is C12H14N2O3. The highest BCUT2D eigenvalue weighted by Gasteiger charge is 2.09. The van der Waals surface area contributed by atoms with Crippen molar-refractivity contribution in [3.63, 3.8) is 0 Å². The molecule has 0 saturated heterocycles. The van der Waals surface area contributed by atoms with Gasteiger partial charge >= 0.3 is 0 Å². The number of aromatic nitrogens is 2. The molecule has 17 heavy (non-hydrogen) atoms. The molecule has 2 rings (SSSR count). The minimum Gasteiger partial charge on any atom is -0.483 e. The Balaban J connectivity index is 2.08. The summed E-state index contributed by atoms with van der Waals surface area (Å²) in [4.78, 5) is 0. The monoisotopic (exact) mass is 234 g/mol. The van der Waals surface area contributed by atoms with E-state index in [1.54, 1.807) is 19.9 Å². The second-order valence-corrected chi connectivity index (χ2v) is 3.72. The molecule has 1 atom stereocenters. The Morgan fingerprint density at radius 2 is 2.12 bits per heavy atom. The lowest BCUT2D eigenvalue weighted by molar-refractivity contribution is 0.187. The maximum atomic E-state index is 9.57. The van der Waals surface area contributed by atoms with E-state index >= 15 is 0 Å². The summed E-state index contributed by atoms with van der Waals surface area (Å²) < 4.78 is 10.7. The smallest absolute Gasteiger partial charge is 0.253 e. The van der Waals surface area contributed by atoms with Gasteiger partial charge in [-0.2, -0.15) is 0 Å². The number of nitrogens with zero attached hydrogens (tertiary/aromatic N) is 2. The lowest BCUT2D eigenvalue weighted by Gasteiger charge is -2.11. The van der Waals surface area contributed by atoms with Crippen LogP contribution in [-0.2, 0) is 6.61 Å². The van der Waals surface area contributed by atoms with Crippen molar-refractivity contribution >= 4 is 0 Å². The summed E-state index contributed by atoms with van der Waals surface area (Å²) in [5, 5.41) is 17.1. The number of ether oxygens (including phenoxy) is 1. The molecule has 5 nitrogen and oxygen atoms in total. The Morgan fingerprint density at radius 1 is 1.35 bits per heavy atom. The predicted octanol–water partition coefficient (Wildman–Crippen LogP) is 2.01. The molecule has 1 unspecified atom stereocenters. The van der Waals surface area contributed by atoms with E-state index < -0.39 is 6.10 Å². The first-order valence-corrected chi connectivity index (χ1v) is 5.35. The van der Waals surface area contributed by atoms with E-state index in [0.29, 0.717) is 17.5 Å². The van der Waals surface area contributed by atoms with Gasteiger partial charge in [-0.1, -0.05) is 18.2 Å². The largest absolute Gasteiger partial charge is 0.483 e. The standard InChI is InChI=1S/C12H14N2O3/c1-8(15)10-5-3-4-6-11(10)16-7-12-14-13-9(2)17-12/h3-6,8,15H,7H2,1-2H3. The van der Waals surface area contributed by atoms with Crippen molar-refractivity contribution in [2.75, 3.05) is 0 Å². The molecule has 0 aliphatic rings. The molecule has 2 aromatic rings. The van der Waals surface area contributed by atoms with Gasteiger partial charge in [0.1, 0.15) is 5.75 Å². The second-order valence-electron chi connectivity index (χ2n) is 3.72. The predicted molar refractivity (Wildman–Crippen MR) is 60.4 cm³/mol. The van der Waals surface area contributed by atoms with Crippen LogP contribution in [0.3, 0.4) is 0 Å². The number of aliphatic hydroxyl groups excluding tert-OH is 1. The number of rotatable bonds is 4. The van der Waals surface area contributed by atoms with Crippen LogP contribution < -0.4 is 4.74 Å². The van der Waals surface area contributed by atoms with Crippen LogP contribution in [0.5, 0.6) is 5.75 Å². The highest BCUT2D eigenvalue weighted by Crippen LogP contribution is 2.25. The maximum absolute atomic E-state index is 9.57. The number of para-hydroxylation sites is 1. The quantitative estimate of drug-likeness (QED) is 0.876. The van der Waals surface area contributed by atoms with Crippen molar-refractivity contribution in [3.05, 3.63) is 41.6 Å².